The van der Waals surface area contributed by atoms with Crippen LogP contribution in [0.25, 0.3) is 0 Å². The van der Waals surface area contributed by atoms with E-state index in [4.69, 9.17) is 5.11 Å². The van der Waals surface area contributed by atoms with Gasteiger partial charge in [0.15, 0.2) is 5.82 Å². The van der Waals surface area contributed by atoms with Gasteiger partial charge in [0.2, 0.25) is 0 Å². The number of carboxylic acid groups (broad SMARTS) is 1. The first kappa shape index (κ1) is 14.6. The van der Waals surface area contributed by atoms with Crippen molar-refractivity contribution in [3.63, 3.8) is 0 Å². The van der Waals surface area contributed by atoms with Crippen molar-refractivity contribution in [2.45, 2.75) is 0 Å². The van der Waals surface area contributed by atoms with Crippen LogP contribution in [-0.2, 0) is 0 Å². The van der Waals surface area contributed by atoms with E-state index in [1.807, 2.05) is 0 Å². The zero-order valence-electron chi connectivity index (χ0n) is 10.2. The summed E-state index contributed by atoms with van der Waals surface area (Å²) in [4.78, 5) is 32.3. The minimum Gasteiger partial charge on any atom is -0.477 e. The smallest absolute Gasteiger partial charge is 0.345 e. The fourth-order valence-electron chi connectivity index (χ4n) is 1.48. The molecule has 0 aliphatic heterocycles. The van der Waals surface area contributed by atoms with E-state index >= 15 is 0 Å². The van der Waals surface area contributed by atoms with Crippen molar-refractivity contribution in [2.75, 3.05) is 5.32 Å². The van der Waals surface area contributed by atoms with E-state index in [0.717, 1.165) is 23.5 Å². The molecule has 1 amide bonds. The number of carboxylic acids is 1. The van der Waals surface area contributed by atoms with Crippen LogP contribution < -0.4 is 5.32 Å². The van der Waals surface area contributed by atoms with Crippen molar-refractivity contribution < 1.29 is 24.0 Å². The quantitative estimate of drug-likeness (QED) is 0.666. The molecule has 0 bridgehead atoms. The topological polar surface area (TPSA) is 110 Å². The molecule has 0 saturated carbocycles. The second-order valence-corrected chi connectivity index (χ2v) is 4.93. The van der Waals surface area contributed by atoms with E-state index in [1.165, 1.54) is 12.1 Å². The second-order valence-electron chi connectivity index (χ2n) is 3.84. The Bertz CT molecular complexity index is 743. The van der Waals surface area contributed by atoms with E-state index in [2.05, 4.69) is 5.32 Å². The zero-order valence-corrected chi connectivity index (χ0v) is 11.0. The van der Waals surface area contributed by atoms with Gasteiger partial charge in [-0.05, 0) is 18.2 Å². The maximum atomic E-state index is 13.6. The highest BCUT2D eigenvalue weighted by molar-refractivity contribution is 7.15. The van der Waals surface area contributed by atoms with Crippen LogP contribution >= 0.6 is 11.3 Å². The van der Waals surface area contributed by atoms with Crippen LogP contribution in [0.2, 0.25) is 0 Å². The first-order valence-corrected chi connectivity index (χ1v) is 6.28. The number of nitrogens with zero attached hydrogens (tertiary/aromatic N) is 1. The van der Waals surface area contributed by atoms with Gasteiger partial charge in [-0.2, -0.15) is 0 Å². The molecular formula is C12H7FN2O5S. The summed E-state index contributed by atoms with van der Waals surface area (Å²) >= 11 is 0.740. The summed E-state index contributed by atoms with van der Waals surface area (Å²) in [5, 5.41) is 21.4. The lowest BCUT2D eigenvalue weighted by Gasteiger charge is -2.04. The number of halogens is 1. The number of aromatic carboxylic acids is 1. The van der Waals surface area contributed by atoms with Crippen molar-refractivity contribution >= 4 is 34.6 Å². The van der Waals surface area contributed by atoms with Gasteiger partial charge >= 0.3 is 5.97 Å². The Balaban J connectivity index is 2.19. The molecular weight excluding hydrogens is 303 g/mol. The number of carbonyl (C=O) groups excluding carboxylic acids is 1. The number of nitro groups is 1. The monoisotopic (exact) mass is 310 g/mol. The standard InChI is InChI=1S/C12H7FN2O5S/c13-7-5-6(15(19)20)1-2-8(7)14-11(16)9-3-4-10(21-9)12(17)18/h1-5H,(H,14,16)(H,17,18). The van der Waals surface area contributed by atoms with E-state index in [0.29, 0.717) is 6.07 Å². The molecule has 0 fully saturated rings. The summed E-state index contributed by atoms with van der Waals surface area (Å²) in [6, 6.07) is 5.36. The largest absolute Gasteiger partial charge is 0.477 e. The molecule has 1 heterocycles. The molecule has 0 saturated heterocycles. The Labute approximate surface area is 120 Å². The molecule has 2 rings (SSSR count). The van der Waals surface area contributed by atoms with Gasteiger partial charge in [-0.25, -0.2) is 9.18 Å². The predicted octanol–water partition coefficient (Wildman–Crippen LogP) is 2.75. The molecule has 0 spiro atoms. The number of rotatable bonds is 4. The number of anilines is 1. The van der Waals surface area contributed by atoms with Gasteiger partial charge in [0, 0.05) is 6.07 Å². The third-order valence-electron chi connectivity index (χ3n) is 2.45. The van der Waals surface area contributed by atoms with Crippen molar-refractivity contribution in [1.29, 1.82) is 0 Å². The van der Waals surface area contributed by atoms with Gasteiger partial charge in [0.05, 0.1) is 21.6 Å². The van der Waals surface area contributed by atoms with E-state index < -0.39 is 28.3 Å². The fraction of sp³-hybridized carbons (Fsp3) is 0. The van der Waals surface area contributed by atoms with Crippen LogP contribution in [-0.4, -0.2) is 21.9 Å². The summed E-state index contributed by atoms with van der Waals surface area (Å²) in [7, 11) is 0. The van der Waals surface area contributed by atoms with Crippen molar-refractivity contribution in [2.24, 2.45) is 0 Å². The second kappa shape index (κ2) is 5.67. The number of amides is 1. The lowest BCUT2D eigenvalue weighted by atomic mass is 10.2. The molecule has 21 heavy (non-hydrogen) atoms. The van der Waals surface area contributed by atoms with Crippen molar-refractivity contribution in [3.05, 3.63) is 56.0 Å². The highest BCUT2D eigenvalue weighted by atomic mass is 32.1. The highest BCUT2D eigenvalue weighted by Crippen LogP contribution is 2.23. The van der Waals surface area contributed by atoms with Crippen molar-refractivity contribution in [3.8, 4) is 0 Å². The van der Waals surface area contributed by atoms with Gasteiger partial charge < -0.3 is 10.4 Å². The van der Waals surface area contributed by atoms with Crippen molar-refractivity contribution in [1.82, 2.24) is 0 Å². The molecule has 0 aliphatic rings. The Morgan fingerprint density at radius 2 is 1.90 bits per heavy atom. The summed E-state index contributed by atoms with van der Waals surface area (Å²) in [6.45, 7) is 0. The Morgan fingerprint density at radius 1 is 1.24 bits per heavy atom. The van der Waals surface area contributed by atoms with E-state index in [9.17, 15) is 24.1 Å². The molecule has 1 aromatic carbocycles. The third-order valence-corrected chi connectivity index (χ3v) is 3.52. The average molecular weight is 310 g/mol. The first-order valence-electron chi connectivity index (χ1n) is 5.47. The number of hydrogen-bond acceptors (Lipinski definition) is 5. The first-order chi connectivity index (χ1) is 9.88. The molecule has 9 heteroatoms. The summed E-state index contributed by atoms with van der Waals surface area (Å²) < 4.78 is 13.6. The van der Waals surface area contributed by atoms with Crippen LogP contribution in [0.1, 0.15) is 19.3 Å². The highest BCUT2D eigenvalue weighted by Gasteiger charge is 2.16. The van der Waals surface area contributed by atoms with Crippen LogP contribution in [0.3, 0.4) is 0 Å². The molecule has 0 unspecified atom stereocenters. The van der Waals surface area contributed by atoms with Gasteiger partial charge in [-0.15, -0.1) is 11.3 Å². The molecule has 0 atom stereocenters. The SMILES string of the molecule is O=C(O)c1ccc(C(=O)Nc2ccc([N+](=O)[O-])cc2F)s1. The number of nitrogens with one attached hydrogen (secondary N) is 1. The van der Waals surface area contributed by atoms with Gasteiger partial charge in [-0.1, -0.05) is 0 Å². The molecule has 7 nitrogen and oxygen atoms in total. The summed E-state index contributed by atoms with van der Waals surface area (Å²) in [5.74, 6) is -2.81. The molecule has 2 N–H and O–H groups in total. The van der Waals surface area contributed by atoms with Crippen LogP contribution in [0.4, 0.5) is 15.8 Å². The lowest BCUT2D eigenvalue weighted by Crippen LogP contribution is -2.11. The number of thiophene rings is 1. The number of non-ortho nitro benzene ring substituents is 1. The van der Waals surface area contributed by atoms with Gasteiger partial charge in [-0.3, -0.25) is 14.9 Å². The maximum absolute atomic E-state index is 13.6. The zero-order chi connectivity index (χ0) is 15.6. The third kappa shape index (κ3) is 3.20. The van der Waals surface area contributed by atoms with Crippen LogP contribution in [0.15, 0.2) is 30.3 Å². The number of hydrogen-bond donors (Lipinski definition) is 2. The van der Waals surface area contributed by atoms with E-state index in [-0.39, 0.29) is 15.4 Å². The summed E-state index contributed by atoms with van der Waals surface area (Å²) in [6.07, 6.45) is 0. The average Bonchev–Trinajstić information content (AvgIpc) is 2.90. The minimum atomic E-state index is -1.17. The minimum absolute atomic E-state index is 0.0238. The van der Waals surface area contributed by atoms with Crippen LogP contribution in [0, 0.1) is 15.9 Å². The number of nitro benzene ring substituents is 1. The molecule has 2 aromatic rings. The van der Waals surface area contributed by atoms with Gasteiger partial charge in [0.25, 0.3) is 11.6 Å². The lowest BCUT2D eigenvalue weighted by molar-refractivity contribution is -0.385. The molecule has 108 valence electrons. The van der Waals surface area contributed by atoms with Gasteiger partial charge in [0.1, 0.15) is 4.88 Å². The Morgan fingerprint density at radius 3 is 2.43 bits per heavy atom. The number of benzene rings is 1. The Hall–Kier alpha value is -2.81. The maximum Gasteiger partial charge on any atom is 0.345 e. The summed E-state index contributed by atoms with van der Waals surface area (Å²) in [5.41, 5.74) is -0.661. The molecule has 1 aromatic heterocycles. The fourth-order valence-corrected chi connectivity index (χ4v) is 2.22. The molecule has 0 radical (unpaired) electrons. The number of carbonyl (C=O) groups is 2. The normalized spacial score (nSPS) is 10.1. The Kier molecular flexibility index (Phi) is 3.94. The predicted molar refractivity (Wildman–Crippen MR) is 72.3 cm³/mol. The van der Waals surface area contributed by atoms with Crippen LogP contribution in [0.5, 0.6) is 0 Å². The van der Waals surface area contributed by atoms with E-state index in [1.54, 1.807) is 0 Å². The molecule has 0 aliphatic carbocycles.